The van der Waals surface area contributed by atoms with E-state index in [1.807, 2.05) is 0 Å². The summed E-state index contributed by atoms with van der Waals surface area (Å²) < 4.78 is 53.8. The summed E-state index contributed by atoms with van der Waals surface area (Å²) in [5.74, 6) is -1.39. The summed E-state index contributed by atoms with van der Waals surface area (Å²) in [5, 5.41) is 0.521. The molecule has 9 nitrogen and oxygen atoms in total. The minimum absolute atomic E-state index is 0. The van der Waals surface area contributed by atoms with Crippen LogP contribution in [0, 0.1) is 11.7 Å². The zero-order valence-corrected chi connectivity index (χ0v) is 27.2. The number of sulfonamides is 1. The van der Waals surface area contributed by atoms with Crippen molar-refractivity contribution in [3.63, 3.8) is 0 Å². The second kappa shape index (κ2) is 14.3. The van der Waals surface area contributed by atoms with Crippen LogP contribution in [-0.2, 0) is 36.4 Å². The molecule has 44 heavy (non-hydrogen) atoms. The van der Waals surface area contributed by atoms with E-state index in [1.54, 1.807) is 64.3 Å². The third-order valence-corrected chi connectivity index (χ3v) is 9.23. The van der Waals surface area contributed by atoms with Crippen LogP contribution < -0.4 is 10.5 Å². The van der Waals surface area contributed by atoms with Crippen molar-refractivity contribution in [2.75, 3.05) is 27.2 Å². The van der Waals surface area contributed by atoms with Crippen LogP contribution in [0.2, 0.25) is 5.02 Å². The van der Waals surface area contributed by atoms with Gasteiger partial charge in [-0.15, -0.1) is 12.4 Å². The normalized spacial score (nSPS) is 15.8. The van der Waals surface area contributed by atoms with Gasteiger partial charge >= 0.3 is 5.97 Å². The number of halogens is 3. The predicted octanol–water partition coefficient (Wildman–Crippen LogP) is 4.41. The minimum Gasteiger partial charge on any atom is -0.480 e. The Labute approximate surface area is 268 Å². The van der Waals surface area contributed by atoms with Crippen molar-refractivity contribution in [1.82, 2.24) is 9.21 Å². The average Bonchev–Trinajstić information content (AvgIpc) is 2.94. The molecule has 0 radical (unpaired) electrons. The zero-order chi connectivity index (χ0) is 31.5. The number of carbonyl (C=O) groups is 2. The number of carbonyl (C=O) groups excluding carboxylic acids is 2. The Balaban J connectivity index is 0.00000529. The van der Waals surface area contributed by atoms with Crippen molar-refractivity contribution in [2.24, 2.45) is 11.7 Å². The fraction of sp³-hybridized carbons (Fsp3) is 0.355. The van der Waals surface area contributed by atoms with Crippen molar-refractivity contribution in [2.45, 2.75) is 42.9 Å². The molecule has 0 bridgehead atoms. The van der Waals surface area contributed by atoms with Crippen LogP contribution >= 0.6 is 24.0 Å². The van der Waals surface area contributed by atoms with E-state index in [-0.39, 0.29) is 48.6 Å². The Morgan fingerprint density at radius 3 is 2.23 bits per heavy atom. The third kappa shape index (κ3) is 7.89. The van der Waals surface area contributed by atoms with Crippen molar-refractivity contribution in [3.05, 3.63) is 94.8 Å². The second-order valence-electron chi connectivity index (χ2n) is 11.1. The van der Waals surface area contributed by atoms with E-state index in [2.05, 4.69) is 0 Å². The van der Waals surface area contributed by atoms with E-state index in [0.29, 0.717) is 16.3 Å². The summed E-state index contributed by atoms with van der Waals surface area (Å²) in [4.78, 5) is 26.5. The molecular formula is C31H36Cl2FN3O6S. The SMILES string of the molecule is CC(C)C(OC(=O)[C@@H](N)Cc1cccc(S(=O)(=O)N2CC(Oc3ccc(F)cc3)(c3ccc(Cl)cc3)C2)c1)C(=O)N(C)C.Cl. The van der Waals surface area contributed by atoms with Crippen molar-refractivity contribution < 1.29 is 31.9 Å². The van der Waals surface area contributed by atoms with Gasteiger partial charge in [0.2, 0.25) is 10.0 Å². The quantitative estimate of drug-likeness (QED) is 0.301. The maximum absolute atomic E-state index is 13.7. The molecule has 13 heteroatoms. The largest absolute Gasteiger partial charge is 0.480 e. The Hall–Kier alpha value is -3.22. The lowest BCUT2D eigenvalue weighted by Gasteiger charge is -2.48. The molecule has 0 saturated carbocycles. The minimum atomic E-state index is -3.96. The summed E-state index contributed by atoms with van der Waals surface area (Å²) in [6, 6.07) is 17.5. The summed E-state index contributed by atoms with van der Waals surface area (Å²) in [5.41, 5.74) is 6.33. The molecule has 2 atom stereocenters. The van der Waals surface area contributed by atoms with Gasteiger partial charge in [0.1, 0.15) is 17.6 Å². The number of nitrogens with zero attached hydrogens (tertiary/aromatic N) is 2. The van der Waals surface area contributed by atoms with Gasteiger partial charge in [-0.25, -0.2) is 12.8 Å². The lowest BCUT2D eigenvalue weighted by molar-refractivity contribution is -0.163. The molecule has 238 valence electrons. The molecule has 1 amide bonds. The molecule has 3 aromatic carbocycles. The molecule has 0 aliphatic carbocycles. The fourth-order valence-electron chi connectivity index (χ4n) is 4.74. The van der Waals surface area contributed by atoms with Crippen LogP contribution in [0.1, 0.15) is 25.0 Å². The first kappa shape index (κ1) is 35.3. The summed E-state index contributed by atoms with van der Waals surface area (Å²) in [6.07, 6.45) is -0.976. The van der Waals surface area contributed by atoms with Gasteiger partial charge in [-0.1, -0.05) is 49.7 Å². The van der Waals surface area contributed by atoms with Crippen LogP contribution in [0.3, 0.4) is 0 Å². The van der Waals surface area contributed by atoms with Crippen LogP contribution in [0.5, 0.6) is 5.75 Å². The van der Waals surface area contributed by atoms with Crippen molar-refractivity contribution in [3.8, 4) is 5.75 Å². The summed E-state index contributed by atoms with van der Waals surface area (Å²) in [7, 11) is -0.811. The second-order valence-corrected chi connectivity index (χ2v) is 13.5. The van der Waals surface area contributed by atoms with Gasteiger partial charge < -0.3 is 20.1 Å². The number of esters is 1. The number of benzene rings is 3. The standard InChI is InChI=1S/C31H35ClFN3O6S.ClH/c1-20(2)28(29(37)35(3)4)41-30(38)27(34)17-21-6-5-7-26(16-21)43(39,40)36-18-31(19-36,22-8-10-23(32)11-9-22)42-25-14-12-24(33)13-15-25;/h5-16,20,27-28H,17-19,34H2,1-4H3;1H/t27-,28?;/m0./s1. The maximum atomic E-state index is 13.7. The van der Waals surface area contributed by atoms with Gasteiger partial charge in [0.05, 0.1) is 18.0 Å². The van der Waals surface area contributed by atoms with E-state index in [9.17, 15) is 22.4 Å². The van der Waals surface area contributed by atoms with E-state index in [4.69, 9.17) is 26.8 Å². The number of hydrogen-bond donors (Lipinski definition) is 1. The maximum Gasteiger partial charge on any atom is 0.324 e. The first-order chi connectivity index (χ1) is 20.2. The first-order valence-corrected chi connectivity index (χ1v) is 15.5. The van der Waals surface area contributed by atoms with Gasteiger partial charge in [-0.05, 0) is 72.0 Å². The van der Waals surface area contributed by atoms with Gasteiger partial charge in [0.25, 0.3) is 5.91 Å². The average molecular weight is 669 g/mol. The van der Waals surface area contributed by atoms with Gasteiger partial charge in [-0.3, -0.25) is 9.59 Å². The van der Waals surface area contributed by atoms with Gasteiger partial charge in [0, 0.05) is 19.1 Å². The Morgan fingerprint density at radius 2 is 1.66 bits per heavy atom. The number of rotatable bonds is 11. The molecule has 1 aliphatic heterocycles. The number of nitrogens with two attached hydrogens (primary N) is 1. The van der Waals surface area contributed by atoms with Crippen LogP contribution in [0.25, 0.3) is 0 Å². The Kier molecular flexibility index (Phi) is 11.4. The summed E-state index contributed by atoms with van der Waals surface area (Å²) >= 11 is 6.07. The highest BCUT2D eigenvalue weighted by Gasteiger charge is 2.52. The van der Waals surface area contributed by atoms with Gasteiger partial charge in [-0.2, -0.15) is 4.31 Å². The number of ether oxygens (including phenoxy) is 2. The highest BCUT2D eigenvalue weighted by molar-refractivity contribution is 7.89. The molecule has 2 N–H and O–H groups in total. The molecular weight excluding hydrogens is 632 g/mol. The Morgan fingerprint density at radius 1 is 1.05 bits per heavy atom. The molecule has 3 aromatic rings. The van der Waals surface area contributed by atoms with Crippen LogP contribution in [0.15, 0.2) is 77.7 Å². The Bertz CT molecular complexity index is 1560. The molecule has 1 fully saturated rings. The molecule has 0 aromatic heterocycles. The fourth-order valence-corrected chi connectivity index (χ4v) is 6.47. The molecule has 1 unspecified atom stereocenters. The van der Waals surface area contributed by atoms with E-state index >= 15 is 0 Å². The van der Waals surface area contributed by atoms with Crippen LogP contribution in [-0.4, -0.2) is 68.8 Å². The lowest BCUT2D eigenvalue weighted by Crippen LogP contribution is -2.64. The first-order valence-electron chi connectivity index (χ1n) is 13.7. The lowest BCUT2D eigenvalue weighted by atomic mass is 9.87. The van der Waals surface area contributed by atoms with E-state index in [1.165, 1.54) is 45.6 Å². The number of likely N-dealkylation sites (N-methyl/N-ethyl adjacent to an activating group) is 1. The highest BCUT2D eigenvalue weighted by Crippen LogP contribution is 2.40. The van der Waals surface area contributed by atoms with E-state index < -0.39 is 39.6 Å². The highest BCUT2D eigenvalue weighted by atomic mass is 35.5. The third-order valence-electron chi connectivity index (χ3n) is 7.19. The molecule has 1 heterocycles. The molecule has 1 aliphatic rings. The summed E-state index contributed by atoms with van der Waals surface area (Å²) in [6.45, 7) is 3.53. The van der Waals surface area contributed by atoms with Gasteiger partial charge in [0.15, 0.2) is 11.7 Å². The zero-order valence-electron chi connectivity index (χ0n) is 24.8. The monoisotopic (exact) mass is 667 g/mol. The van der Waals surface area contributed by atoms with Crippen LogP contribution in [0.4, 0.5) is 4.39 Å². The number of hydrogen-bond acceptors (Lipinski definition) is 7. The molecule has 0 spiro atoms. The van der Waals surface area contributed by atoms with Crippen molar-refractivity contribution in [1.29, 1.82) is 0 Å². The predicted molar refractivity (Wildman–Crippen MR) is 168 cm³/mol. The number of amides is 1. The van der Waals surface area contributed by atoms with Crippen molar-refractivity contribution >= 4 is 45.9 Å². The smallest absolute Gasteiger partial charge is 0.324 e. The molecule has 4 rings (SSSR count). The van der Waals surface area contributed by atoms with E-state index in [0.717, 1.165) is 5.56 Å². The molecule has 1 saturated heterocycles. The topological polar surface area (TPSA) is 119 Å².